The van der Waals surface area contributed by atoms with Gasteiger partial charge >= 0.3 is 0 Å². The van der Waals surface area contributed by atoms with Crippen molar-refractivity contribution in [3.63, 3.8) is 0 Å². The van der Waals surface area contributed by atoms with Crippen LogP contribution in [0.3, 0.4) is 0 Å². The van der Waals surface area contributed by atoms with Crippen LogP contribution in [0.4, 0.5) is 0 Å². The van der Waals surface area contributed by atoms with Crippen molar-refractivity contribution in [3.05, 3.63) is 33.8 Å². The summed E-state index contributed by atoms with van der Waals surface area (Å²) in [5.41, 5.74) is 0.428. The van der Waals surface area contributed by atoms with Gasteiger partial charge in [0.1, 0.15) is 0 Å². The van der Waals surface area contributed by atoms with Crippen LogP contribution in [0.5, 0.6) is 0 Å². The maximum atomic E-state index is 12.7. The van der Waals surface area contributed by atoms with E-state index in [0.717, 1.165) is 13.0 Å². The summed E-state index contributed by atoms with van der Waals surface area (Å²) < 4.78 is 0. The Morgan fingerprint density at radius 1 is 1.04 bits per heavy atom. The number of rotatable bonds is 3. The number of halogens is 2. The predicted octanol–water partition coefficient (Wildman–Crippen LogP) is 3.47. The Bertz CT molecular complexity index is 617. The van der Waals surface area contributed by atoms with Crippen LogP contribution >= 0.6 is 23.2 Å². The van der Waals surface area contributed by atoms with Gasteiger partial charge in [0.2, 0.25) is 5.91 Å². The Labute approximate surface area is 146 Å². The van der Waals surface area contributed by atoms with Gasteiger partial charge in [-0.25, -0.2) is 0 Å². The van der Waals surface area contributed by atoms with Crippen LogP contribution in [-0.4, -0.2) is 47.8 Å². The molecule has 0 unspecified atom stereocenters. The van der Waals surface area contributed by atoms with E-state index in [9.17, 15) is 9.59 Å². The summed E-state index contributed by atoms with van der Waals surface area (Å²) >= 11 is 12.1. The lowest BCUT2D eigenvalue weighted by Gasteiger charge is -2.22. The summed E-state index contributed by atoms with van der Waals surface area (Å²) in [7, 11) is 0. The van der Waals surface area contributed by atoms with Crippen LogP contribution in [0.25, 0.3) is 0 Å². The first-order valence-corrected chi connectivity index (χ1v) is 8.83. The molecule has 1 aromatic carbocycles. The maximum Gasteiger partial charge on any atom is 0.255 e. The first-order valence-electron chi connectivity index (χ1n) is 8.07. The van der Waals surface area contributed by atoms with Crippen molar-refractivity contribution >= 4 is 35.0 Å². The maximum absolute atomic E-state index is 12.7. The average molecular weight is 355 g/mol. The molecular formula is C17H20Cl2N2O2. The molecule has 2 amide bonds. The number of benzene rings is 1. The van der Waals surface area contributed by atoms with Crippen molar-refractivity contribution in [2.75, 3.05) is 26.2 Å². The molecule has 1 saturated carbocycles. The van der Waals surface area contributed by atoms with Crippen LogP contribution in [0.1, 0.15) is 36.0 Å². The molecule has 1 saturated heterocycles. The second-order valence-electron chi connectivity index (χ2n) is 6.28. The molecule has 0 aromatic heterocycles. The summed E-state index contributed by atoms with van der Waals surface area (Å²) in [5, 5.41) is 0.679. The second kappa shape index (κ2) is 7.10. The molecule has 2 aliphatic rings. The number of carbonyl (C=O) groups is 2. The van der Waals surface area contributed by atoms with Gasteiger partial charge in [-0.05, 0) is 37.3 Å². The highest BCUT2D eigenvalue weighted by molar-refractivity contribution is 6.43. The number of nitrogens with zero attached hydrogens (tertiary/aromatic N) is 2. The molecule has 1 heterocycles. The summed E-state index contributed by atoms with van der Waals surface area (Å²) in [6, 6.07) is 5.09. The Balaban J connectivity index is 1.64. The molecule has 4 nitrogen and oxygen atoms in total. The normalized spacial score (nSPS) is 18.7. The summed E-state index contributed by atoms with van der Waals surface area (Å²) in [6.45, 7) is 2.49. The molecule has 0 bridgehead atoms. The van der Waals surface area contributed by atoms with E-state index in [4.69, 9.17) is 23.2 Å². The van der Waals surface area contributed by atoms with E-state index in [2.05, 4.69) is 0 Å². The van der Waals surface area contributed by atoms with Crippen molar-refractivity contribution in [1.29, 1.82) is 0 Å². The van der Waals surface area contributed by atoms with E-state index in [-0.39, 0.29) is 11.8 Å². The van der Waals surface area contributed by atoms with Crippen LogP contribution in [0.15, 0.2) is 18.2 Å². The molecule has 0 radical (unpaired) electrons. The topological polar surface area (TPSA) is 40.6 Å². The van der Waals surface area contributed by atoms with E-state index in [1.54, 1.807) is 23.1 Å². The molecule has 2 fully saturated rings. The second-order valence-corrected chi connectivity index (χ2v) is 7.06. The van der Waals surface area contributed by atoms with Crippen LogP contribution < -0.4 is 0 Å². The lowest BCUT2D eigenvalue weighted by Crippen LogP contribution is -2.37. The number of amides is 2. The Kier molecular flexibility index (Phi) is 5.12. The minimum absolute atomic E-state index is 0.117. The Hall–Kier alpha value is -1.26. The monoisotopic (exact) mass is 354 g/mol. The minimum Gasteiger partial charge on any atom is -0.341 e. The predicted molar refractivity (Wildman–Crippen MR) is 90.9 cm³/mol. The molecule has 1 aromatic rings. The van der Waals surface area contributed by atoms with Gasteiger partial charge in [0.25, 0.3) is 5.91 Å². The van der Waals surface area contributed by atoms with Gasteiger partial charge < -0.3 is 9.80 Å². The largest absolute Gasteiger partial charge is 0.341 e. The fraction of sp³-hybridized carbons (Fsp3) is 0.529. The van der Waals surface area contributed by atoms with Gasteiger partial charge in [-0.2, -0.15) is 0 Å². The first-order chi connectivity index (χ1) is 11.1. The van der Waals surface area contributed by atoms with Crippen molar-refractivity contribution in [3.8, 4) is 0 Å². The van der Waals surface area contributed by atoms with Gasteiger partial charge in [-0.15, -0.1) is 0 Å². The summed E-state index contributed by atoms with van der Waals surface area (Å²) in [5.74, 6) is 0.699. The molecule has 0 atom stereocenters. The van der Waals surface area contributed by atoms with E-state index in [1.165, 1.54) is 12.8 Å². The average Bonchev–Trinajstić information content (AvgIpc) is 3.35. The number of hydrogen-bond acceptors (Lipinski definition) is 2. The highest BCUT2D eigenvalue weighted by Gasteiger charge is 2.29. The zero-order valence-electron chi connectivity index (χ0n) is 12.9. The smallest absolute Gasteiger partial charge is 0.255 e. The van der Waals surface area contributed by atoms with E-state index in [1.807, 2.05) is 4.90 Å². The lowest BCUT2D eigenvalue weighted by molar-refractivity contribution is -0.131. The highest BCUT2D eigenvalue weighted by Crippen LogP contribution is 2.33. The minimum atomic E-state index is -0.117. The third kappa shape index (κ3) is 3.99. The zero-order chi connectivity index (χ0) is 16.4. The number of carbonyl (C=O) groups excluding carboxylic acids is 2. The zero-order valence-corrected chi connectivity index (χ0v) is 14.4. The third-order valence-corrected chi connectivity index (χ3v) is 5.30. The van der Waals surface area contributed by atoms with E-state index in [0.29, 0.717) is 47.6 Å². The fourth-order valence-corrected chi connectivity index (χ4v) is 3.29. The molecule has 23 heavy (non-hydrogen) atoms. The first kappa shape index (κ1) is 16.6. The fourth-order valence-electron chi connectivity index (χ4n) is 2.91. The van der Waals surface area contributed by atoms with Crippen molar-refractivity contribution in [2.45, 2.75) is 25.7 Å². The van der Waals surface area contributed by atoms with Crippen molar-refractivity contribution in [1.82, 2.24) is 9.80 Å². The van der Waals surface area contributed by atoms with Gasteiger partial charge in [0.05, 0.1) is 15.6 Å². The molecule has 0 N–H and O–H groups in total. The van der Waals surface area contributed by atoms with E-state index < -0.39 is 0 Å². The molecule has 0 spiro atoms. The van der Waals surface area contributed by atoms with Gasteiger partial charge in [0.15, 0.2) is 0 Å². The van der Waals surface area contributed by atoms with E-state index >= 15 is 0 Å². The third-order valence-electron chi connectivity index (χ3n) is 4.48. The van der Waals surface area contributed by atoms with Crippen molar-refractivity contribution < 1.29 is 9.59 Å². The number of hydrogen-bond donors (Lipinski definition) is 0. The summed E-state index contributed by atoms with van der Waals surface area (Å²) in [6.07, 6.45) is 3.81. The highest BCUT2D eigenvalue weighted by atomic mass is 35.5. The molecule has 124 valence electrons. The van der Waals surface area contributed by atoms with Gasteiger partial charge in [0, 0.05) is 32.6 Å². The molecule has 6 heteroatoms. The lowest BCUT2D eigenvalue weighted by atomic mass is 10.2. The van der Waals surface area contributed by atoms with Crippen LogP contribution in [0.2, 0.25) is 10.0 Å². The van der Waals surface area contributed by atoms with Gasteiger partial charge in [-0.1, -0.05) is 29.3 Å². The van der Waals surface area contributed by atoms with Gasteiger partial charge in [-0.3, -0.25) is 9.59 Å². The molecule has 1 aliphatic heterocycles. The van der Waals surface area contributed by atoms with Crippen LogP contribution in [0, 0.1) is 5.92 Å². The van der Waals surface area contributed by atoms with Crippen molar-refractivity contribution in [2.24, 2.45) is 5.92 Å². The van der Waals surface area contributed by atoms with Crippen LogP contribution in [-0.2, 0) is 4.79 Å². The molecule has 3 rings (SSSR count). The Morgan fingerprint density at radius 3 is 2.48 bits per heavy atom. The summed E-state index contributed by atoms with van der Waals surface area (Å²) in [4.78, 5) is 28.6. The Morgan fingerprint density at radius 2 is 1.74 bits per heavy atom. The molecule has 1 aliphatic carbocycles. The SMILES string of the molecule is O=C(CC1CC1)N1CCCN(C(=O)c2cccc(Cl)c2Cl)CC1. The quantitative estimate of drug-likeness (QED) is 0.833. The molecular weight excluding hydrogens is 335 g/mol. The standard InChI is InChI=1S/C17H20Cl2N2O2/c18-14-4-1-3-13(16(14)19)17(23)21-8-2-7-20(9-10-21)15(22)11-12-5-6-12/h1,3-4,12H,2,5-11H2.